The van der Waals surface area contributed by atoms with Crippen LogP contribution in [0.1, 0.15) is 18.5 Å². The molecule has 0 radical (unpaired) electrons. The molecule has 0 saturated heterocycles. The number of halogens is 1. The largest absolute Gasteiger partial charge is 0.324 e. The Morgan fingerprint density at radius 3 is 2.65 bits per heavy atom. The van der Waals surface area contributed by atoms with Crippen LogP contribution in [0.2, 0.25) is 0 Å². The van der Waals surface area contributed by atoms with Crippen LogP contribution >= 0.6 is 11.8 Å². The van der Waals surface area contributed by atoms with Gasteiger partial charge in [-0.15, -0.1) is 11.8 Å². The molecule has 96 valence electrons. The third kappa shape index (κ3) is 5.06. The van der Waals surface area contributed by atoms with Crippen molar-refractivity contribution in [3.8, 4) is 0 Å². The highest BCUT2D eigenvalue weighted by Gasteiger charge is 2.10. The summed E-state index contributed by atoms with van der Waals surface area (Å²) >= 11 is 1.39. The van der Waals surface area contributed by atoms with E-state index in [0.29, 0.717) is 11.3 Å². The Balaban J connectivity index is 2.77. The molecule has 2 N–H and O–H groups in total. The van der Waals surface area contributed by atoms with Crippen molar-refractivity contribution in [3.63, 3.8) is 0 Å². The fourth-order valence-electron chi connectivity index (χ4n) is 1.31. The quantitative estimate of drug-likeness (QED) is 0.836. The topological polar surface area (TPSA) is 60.2 Å². The fourth-order valence-corrected chi connectivity index (χ4v) is 3.65. The Kier molecular flexibility index (Phi) is 4.97. The van der Waals surface area contributed by atoms with Crippen LogP contribution in [-0.4, -0.2) is 26.2 Å². The monoisotopic (exact) mass is 277 g/mol. The Labute approximate surface area is 106 Å². The van der Waals surface area contributed by atoms with Crippen molar-refractivity contribution in [2.45, 2.75) is 17.9 Å². The van der Waals surface area contributed by atoms with E-state index in [4.69, 9.17) is 5.73 Å². The molecular weight excluding hydrogens is 261 g/mol. The van der Waals surface area contributed by atoms with Gasteiger partial charge >= 0.3 is 0 Å². The van der Waals surface area contributed by atoms with Gasteiger partial charge in [-0.3, -0.25) is 0 Å². The highest BCUT2D eigenvalue weighted by Crippen LogP contribution is 2.27. The maximum Gasteiger partial charge on any atom is 0.148 e. The zero-order chi connectivity index (χ0) is 13.1. The number of hydrogen-bond acceptors (Lipinski definition) is 4. The molecule has 0 aliphatic rings. The number of thioether (sulfide) groups is 1. The molecule has 1 atom stereocenters. The molecule has 0 fully saturated rings. The molecule has 0 bridgehead atoms. The Bertz CT molecular complexity index is 486. The van der Waals surface area contributed by atoms with Crippen molar-refractivity contribution in [2.75, 3.05) is 17.8 Å². The molecule has 0 amide bonds. The standard InChI is InChI=1S/C11H16FNO2S2/c1-8(13)10-7-9(12)3-4-11(10)16-5-6-17(2,14)15/h3-4,7-8H,5-6,13H2,1-2H3/t8-/m1/s1. The maximum atomic E-state index is 13.1. The second-order valence-electron chi connectivity index (χ2n) is 3.95. The summed E-state index contributed by atoms with van der Waals surface area (Å²) in [6.07, 6.45) is 1.20. The van der Waals surface area contributed by atoms with Crippen molar-refractivity contribution in [2.24, 2.45) is 5.73 Å². The summed E-state index contributed by atoms with van der Waals surface area (Å²) in [7, 11) is -2.96. The lowest BCUT2D eigenvalue weighted by Gasteiger charge is -2.12. The third-order valence-corrected chi connectivity index (χ3v) is 4.47. The van der Waals surface area contributed by atoms with E-state index in [1.807, 2.05) is 0 Å². The molecule has 0 unspecified atom stereocenters. The lowest BCUT2D eigenvalue weighted by Crippen LogP contribution is -2.08. The second kappa shape index (κ2) is 5.84. The third-order valence-electron chi connectivity index (χ3n) is 2.17. The van der Waals surface area contributed by atoms with Gasteiger partial charge < -0.3 is 5.73 Å². The first-order valence-corrected chi connectivity index (χ1v) is 8.20. The summed E-state index contributed by atoms with van der Waals surface area (Å²) in [6, 6.07) is 4.12. The Morgan fingerprint density at radius 1 is 1.47 bits per heavy atom. The van der Waals surface area contributed by atoms with Gasteiger partial charge in [-0.25, -0.2) is 12.8 Å². The van der Waals surface area contributed by atoms with Crippen LogP contribution in [-0.2, 0) is 9.84 Å². The van der Waals surface area contributed by atoms with Crippen LogP contribution in [0.15, 0.2) is 23.1 Å². The average Bonchev–Trinajstić information content (AvgIpc) is 2.18. The predicted molar refractivity (Wildman–Crippen MR) is 69.4 cm³/mol. The van der Waals surface area contributed by atoms with Gasteiger partial charge in [-0.2, -0.15) is 0 Å². The minimum absolute atomic E-state index is 0.105. The van der Waals surface area contributed by atoms with E-state index < -0.39 is 9.84 Å². The summed E-state index contributed by atoms with van der Waals surface area (Å²) in [5, 5.41) is 0. The molecule has 1 aromatic rings. The van der Waals surface area contributed by atoms with E-state index >= 15 is 0 Å². The number of nitrogens with two attached hydrogens (primary N) is 1. The van der Waals surface area contributed by atoms with Gasteiger partial charge in [0.1, 0.15) is 15.7 Å². The SMILES string of the molecule is C[C@@H](N)c1cc(F)ccc1SCCS(C)(=O)=O. The highest BCUT2D eigenvalue weighted by molar-refractivity contribution is 8.00. The van der Waals surface area contributed by atoms with Crippen LogP contribution in [0.3, 0.4) is 0 Å². The van der Waals surface area contributed by atoms with E-state index in [1.54, 1.807) is 13.0 Å². The number of rotatable bonds is 5. The Morgan fingerprint density at radius 2 is 2.12 bits per heavy atom. The molecule has 6 heteroatoms. The molecule has 3 nitrogen and oxygen atoms in total. The zero-order valence-electron chi connectivity index (χ0n) is 9.81. The van der Waals surface area contributed by atoms with Gasteiger partial charge in [0.2, 0.25) is 0 Å². The van der Waals surface area contributed by atoms with E-state index in [9.17, 15) is 12.8 Å². The van der Waals surface area contributed by atoms with Crippen LogP contribution in [0.4, 0.5) is 4.39 Å². The molecule has 1 aromatic carbocycles. The predicted octanol–water partition coefficient (Wildman–Crippen LogP) is 1.98. The van der Waals surface area contributed by atoms with Gasteiger partial charge in [0, 0.05) is 22.9 Å². The summed E-state index contributed by atoms with van der Waals surface area (Å²) in [5.74, 6) is 0.224. The molecule has 0 aliphatic carbocycles. The average molecular weight is 277 g/mol. The highest BCUT2D eigenvalue weighted by atomic mass is 32.2. The summed E-state index contributed by atoms with van der Waals surface area (Å²) in [4.78, 5) is 0.838. The molecule has 17 heavy (non-hydrogen) atoms. The van der Waals surface area contributed by atoms with E-state index in [-0.39, 0.29) is 17.6 Å². The lowest BCUT2D eigenvalue weighted by atomic mass is 10.1. The normalized spacial score (nSPS) is 13.6. The van der Waals surface area contributed by atoms with Crippen molar-refractivity contribution < 1.29 is 12.8 Å². The number of sulfone groups is 1. The zero-order valence-corrected chi connectivity index (χ0v) is 11.4. The first-order valence-electron chi connectivity index (χ1n) is 5.15. The molecular formula is C11H16FNO2S2. The van der Waals surface area contributed by atoms with Crippen molar-refractivity contribution in [1.82, 2.24) is 0 Å². The van der Waals surface area contributed by atoms with Crippen LogP contribution in [0.5, 0.6) is 0 Å². The molecule has 0 heterocycles. The van der Waals surface area contributed by atoms with Crippen molar-refractivity contribution in [1.29, 1.82) is 0 Å². The minimum atomic E-state index is -2.96. The maximum absolute atomic E-state index is 13.1. The molecule has 1 rings (SSSR count). The van der Waals surface area contributed by atoms with Crippen LogP contribution < -0.4 is 5.73 Å². The number of benzene rings is 1. The van der Waals surface area contributed by atoms with E-state index in [0.717, 1.165) is 4.90 Å². The molecule has 0 aromatic heterocycles. The van der Waals surface area contributed by atoms with Gasteiger partial charge in [-0.1, -0.05) is 0 Å². The van der Waals surface area contributed by atoms with Gasteiger partial charge in [-0.05, 0) is 30.7 Å². The minimum Gasteiger partial charge on any atom is -0.324 e. The first-order chi connectivity index (χ1) is 7.79. The second-order valence-corrected chi connectivity index (χ2v) is 7.35. The van der Waals surface area contributed by atoms with Gasteiger partial charge in [0.15, 0.2) is 0 Å². The van der Waals surface area contributed by atoms with Crippen LogP contribution in [0.25, 0.3) is 0 Å². The summed E-state index contributed by atoms with van der Waals surface area (Å²) in [5.41, 5.74) is 6.45. The lowest BCUT2D eigenvalue weighted by molar-refractivity contribution is 0.603. The van der Waals surface area contributed by atoms with E-state index in [2.05, 4.69) is 0 Å². The van der Waals surface area contributed by atoms with E-state index in [1.165, 1.54) is 30.2 Å². The smallest absolute Gasteiger partial charge is 0.148 e. The van der Waals surface area contributed by atoms with Crippen molar-refractivity contribution >= 4 is 21.6 Å². The number of hydrogen-bond donors (Lipinski definition) is 1. The summed E-state index contributed by atoms with van der Waals surface area (Å²) in [6.45, 7) is 1.77. The molecule has 0 spiro atoms. The van der Waals surface area contributed by atoms with Crippen LogP contribution in [0, 0.1) is 5.82 Å². The van der Waals surface area contributed by atoms with Gasteiger partial charge in [0.25, 0.3) is 0 Å². The fraction of sp³-hybridized carbons (Fsp3) is 0.455. The molecule has 0 aliphatic heterocycles. The Hall–Kier alpha value is -0.590. The molecule has 0 saturated carbocycles. The van der Waals surface area contributed by atoms with Crippen molar-refractivity contribution in [3.05, 3.63) is 29.6 Å². The van der Waals surface area contributed by atoms with Gasteiger partial charge in [0.05, 0.1) is 5.75 Å². The first kappa shape index (κ1) is 14.5. The summed E-state index contributed by atoms with van der Waals surface area (Å²) < 4.78 is 35.1.